The zero-order valence-electron chi connectivity index (χ0n) is 28.9. The van der Waals surface area contributed by atoms with Gasteiger partial charge in [-0.3, -0.25) is 4.98 Å². The van der Waals surface area contributed by atoms with Gasteiger partial charge in [0.05, 0.1) is 5.39 Å². The van der Waals surface area contributed by atoms with E-state index in [0.29, 0.717) is 17.3 Å². The van der Waals surface area contributed by atoms with E-state index in [1.165, 1.54) is 16.3 Å². The highest BCUT2D eigenvalue weighted by Crippen LogP contribution is 2.37. The van der Waals surface area contributed by atoms with Gasteiger partial charge in [0.25, 0.3) is 0 Å². The number of pyridine rings is 1. The molecule has 1 atom stereocenters. The van der Waals surface area contributed by atoms with Crippen LogP contribution in [0, 0.1) is 0 Å². The molecule has 3 aromatic heterocycles. The maximum absolute atomic E-state index is 6.51. The van der Waals surface area contributed by atoms with Crippen LogP contribution in [0.2, 0.25) is 0 Å². The molecule has 0 radical (unpaired) electrons. The third-order valence-electron chi connectivity index (χ3n) is 10.4. The zero-order chi connectivity index (χ0) is 35.6. The number of para-hydroxylation sites is 1. The molecule has 1 unspecified atom stereocenters. The molecule has 0 amide bonds. The van der Waals surface area contributed by atoms with Crippen LogP contribution in [-0.4, -0.2) is 16.7 Å². The Morgan fingerprint density at radius 1 is 0.481 bits per heavy atom. The van der Waals surface area contributed by atoms with Crippen molar-refractivity contribution in [3.8, 4) is 22.3 Å². The summed E-state index contributed by atoms with van der Waals surface area (Å²) in [6.07, 6.45) is 1.52. The van der Waals surface area contributed by atoms with Gasteiger partial charge < -0.3 is 14.2 Å². The second-order valence-corrected chi connectivity index (χ2v) is 13.6. The smallest absolute Gasteiger partial charge is 0.160 e. The van der Waals surface area contributed by atoms with Gasteiger partial charge in [-0.05, 0) is 63.4 Å². The minimum absolute atomic E-state index is 0.411. The molecule has 6 heteroatoms. The summed E-state index contributed by atoms with van der Waals surface area (Å²) in [5.74, 6) is 1.31. The van der Waals surface area contributed by atoms with Gasteiger partial charge in [0, 0.05) is 33.7 Å². The SMILES string of the molecule is c1ccc(-c2ccc(C3N=C(c4cccc5oc6cc(-c7ccc8ccccc8c7)cnc6c45)N=C(c4cccc5oc6ccccc6c45)N3)cc2)cc1. The second-order valence-electron chi connectivity index (χ2n) is 13.6. The highest BCUT2D eigenvalue weighted by atomic mass is 16.3. The number of aliphatic imine (C=N–C) groups is 2. The van der Waals surface area contributed by atoms with E-state index in [2.05, 4.69) is 121 Å². The molecule has 4 heterocycles. The molecule has 0 spiro atoms. The van der Waals surface area contributed by atoms with Crippen LogP contribution < -0.4 is 5.32 Å². The van der Waals surface area contributed by atoms with Crippen LogP contribution in [0.15, 0.2) is 189 Å². The van der Waals surface area contributed by atoms with Crippen molar-refractivity contribution in [3.05, 3.63) is 187 Å². The van der Waals surface area contributed by atoms with Gasteiger partial charge >= 0.3 is 0 Å². The first-order valence-electron chi connectivity index (χ1n) is 18.0. The quantitative estimate of drug-likeness (QED) is 0.195. The number of nitrogens with zero attached hydrogens (tertiary/aromatic N) is 3. The van der Waals surface area contributed by atoms with Crippen molar-refractivity contribution >= 4 is 66.5 Å². The second kappa shape index (κ2) is 12.1. The van der Waals surface area contributed by atoms with Crippen LogP contribution in [0.5, 0.6) is 0 Å². The van der Waals surface area contributed by atoms with Crippen molar-refractivity contribution in [2.45, 2.75) is 6.17 Å². The van der Waals surface area contributed by atoms with Crippen molar-refractivity contribution in [1.82, 2.24) is 10.3 Å². The molecular formula is C48H30N4O2. The number of rotatable bonds is 5. The molecule has 0 bridgehead atoms. The van der Waals surface area contributed by atoms with Crippen LogP contribution in [0.3, 0.4) is 0 Å². The number of amidine groups is 2. The Hall–Kier alpha value is -7.31. The summed E-state index contributed by atoms with van der Waals surface area (Å²) >= 11 is 0. The summed E-state index contributed by atoms with van der Waals surface area (Å²) in [4.78, 5) is 15.6. The highest BCUT2D eigenvalue weighted by molar-refractivity contribution is 6.24. The Bertz CT molecular complexity index is 3140. The van der Waals surface area contributed by atoms with E-state index in [4.69, 9.17) is 23.8 Å². The summed E-state index contributed by atoms with van der Waals surface area (Å²) in [5.41, 5.74) is 11.1. The normalized spacial score (nSPS) is 14.5. The molecule has 1 N–H and O–H groups in total. The summed E-state index contributed by atoms with van der Waals surface area (Å²) < 4.78 is 12.8. The highest BCUT2D eigenvalue weighted by Gasteiger charge is 2.26. The van der Waals surface area contributed by atoms with Gasteiger partial charge in [0.15, 0.2) is 11.4 Å². The Kier molecular flexibility index (Phi) is 6.82. The van der Waals surface area contributed by atoms with Crippen LogP contribution in [0.1, 0.15) is 22.9 Å². The number of fused-ring (bicyclic) bond motifs is 7. The van der Waals surface area contributed by atoms with Crippen molar-refractivity contribution < 1.29 is 8.83 Å². The molecular weight excluding hydrogens is 665 g/mol. The minimum Gasteiger partial charge on any atom is -0.456 e. The number of hydrogen-bond acceptors (Lipinski definition) is 6. The van der Waals surface area contributed by atoms with E-state index in [1.807, 2.05) is 54.7 Å². The lowest BCUT2D eigenvalue weighted by atomic mass is 10.0. The standard InChI is InChI=1S/C48H30N4O2/c1-2-10-29(11-3-1)31-20-23-32(24-21-31)46-50-47(37-15-8-18-40-43(37)36-14-6-7-17-39(36)53-40)52-48(51-46)38-16-9-19-41-44(38)45-42(54-41)27-35(28-49-45)34-25-22-30-12-4-5-13-33(30)26-34/h1-28,46H,(H,50,51,52). The van der Waals surface area contributed by atoms with Crippen LogP contribution >= 0.6 is 0 Å². The van der Waals surface area contributed by atoms with Gasteiger partial charge in [-0.15, -0.1) is 0 Å². The predicted molar refractivity (Wildman–Crippen MR) is 219 cm³/mol. The van der Waals surface area contributed by atoms with Crippen molar-refractivity contribution in [2.24, 2.45) is 9.98 Å². The van der Waals surface area contributed by atoms with E-state index in [0.717, 1.165) is 71.8 Å². The van der Waals surface area contributed by atoms with Crippen LogP contribution in [-0.2, 0) is 0 Å². The van der Waals surface area contributed by atoms with Crippen molar-refractivity contribution in [3.63, 3.8) is 0 Å². The van der Waals surface area contributed by atoms with Gasteiger partial charge in [0.1, 0.15) is 34.3 Å². The monoisotopic (exact) mass is 694 g/mol. The lowest BCUT2D eigenvalue weighted by Gasteiger charge is -2.24. The molecule has 54 heavy (non-hydrogen) atoms. The first-order valence-corrected chi connectivity index (χ1v) is 18.0. The maximum Gasteiger partial charge on any atom is 0.160 e. The predicted octanol–water partition coefficient (Wildman–Crippen LogP) is 11.9. The number of hydrogen-bond donors (Lipinski definition) is 1. The third-order valence-corrected chi connectivity index (χ3v) is 10.4. The molecule has 11 rings (SSSR count). The summed E-state index contributed by atoms with van der Waals surface area (Å²) in [6, 6.07) is 56.2. The summed E-state index contributed by atoms with van der Waals surface area (Å²) in [7, 11) is 0. The molecule has 1 aliphatic heterocycles. The Morgan fingerprint density at radius 3 is 2.04 bits per heavy atom. The van der Waals surface area contributed by atoms with Crippen LogP contribution in [0.25, 0.3) is 77.0 Å². The summed E-state index contributed by atoms with van der Waals surface area (Å²) in [5, 5.41) is 9.00. The fourth-order valence-electron chi connectivity index (χ4n) is 7.74. The van der Waals surface area contributed by atoms with Gasteiger partial charge in [0.2, 0.25) is 0 Å². The Morgan fingerprint density at radius 2 is 1.17 bits per heavy atom. The molecule has 254 valence electrons. The maximum atomic E-state index is 6.51. The largest absolute Gasteiger partial charge is 0.456 e. The fourth-order valence-corrected chi connectivity index (χ4v) is 7.74. The number of aromatic nitrogens is 1. The molecule has 6 nitrogen and oxygen atoms in total. The van der Waals surface area contributed by atoms with Gasteiger partial charge in [-0.2, -0.15) is 0 Å². The number of nitrogens with one attached hydrogen (secondary N) is 1. The molecule has 0 saturated heterocycles. The van der Waals surface area contributed by atoms with Crippen LogP contribution in [0.4, 0.5) is 0 Å². The van der Waals surface area contributed by atoms with Crippen molar-refractivity contribution in [2.75, 3.05) is 0 Å². The Labute approximate surface area is 309 Å². The number of benzene rings is 7. The fraction of sp³-hybridized carbons (Fsp3) is 0.0208. The van der Waals surface area contributed by atoms with Crippen molar-refractivity contribution in [1.29, 1.82) is 0 Å². The third kappa shape index (κ3) is 4.99. The van der Waals surface area contributed by atoms with E-state index < -0.39 is 6.17 Å². The Balaban J connectivity index is 1.07. The number of furan rings is 2. The average Bonchev–Trinajstić information content (AvgIpc) is 3.82. The van der Waals surface area contributed by atoms with E-state index in [9.17, 15) is 0 Å². The first kappa shape index (κ1) is 30.3. The molecule has 0 aliphatic carbocycles. The molecule has 0 saturated carbocycles. The van der Waals surface area contributed by atoms with E-state index in [-0.39, 0.29) is 0 Å². The minimum atomic E-state index is -0.411. The molecule has 1 aliphatic rings. The van der Waals surface area contributed by atoms with Gasteiger partial charge in [-0.1, -0.05) is 133 Å². The lowest BCUT2D eigenvalue weighted by Crippen LogP contribution is -2.33. The average molecular weight is 695 g/mol. The van der Waals surface area contributed by atoms with Gasteiger partial charge in [-0.25, -0.2) is 9.98 Å². The molecule has 0 fully saturated rings. The molecule has 10 aromatic rings. The van der Waals surface area contributed by atoms with E-state index >= 15 is 0 Å². The van der Waals surface area contributed by atoms with E-state index in [1.54, 1.807) is 0 Å². The zero-order valence-corrected chi connectivity index (χ0v) is 28.9. The summed E-state index contributed by atoms with van der Waals surface area (Å²) in [6.45, 7) is 0. The molecule has 7 aromatic carbocycles. The first-order chi connectivity index (χ1) is 26.7. The lowest BCUT2D eigenvalue weighted by molar-refractivity contribution is 0.667. The topological polar surface area (TPSA) is 75.9 Å².